The number of likely N-dealkylation sites (N-methyl/N-ethyl adjacent to an activating group) is 1. The van der Waals surface area contributed by atoms with E-state index in [9.17, 15) is 0 Å². The first-order valence-corrected chi connectivity index (χ1v) is 13.7. The van der Waals surface area contributed by atoms with Gasteiger partial charge in [-0.25, -0.2) is 0 Å². The van der Waals surface area contributed by atoms with Crippen molar-refractivity contribution in [2.75, 3.05) is 50.6 Å². The number of ether oxygens (including phenoxy) is 1. The zero-order chi connectivity index (χ0) is 26.0. The number of methoxy groups -OCH3 is 1. The SMILES string of the molecule is COc1cc(N2CCN(C)CC2)ccc1C1(N)NC(=NCc2ccccc2SC(C)C)c2[nH]ccc2N1. The number of aromatic nitrogens is 1. The molecule has 2 aromatic carbocycles. The van der Waals surface area contributed by atoms with Gasteiger partial charge < -0.3 is 30.2 Å². The van der Waals surface area contributed by atoms with E-state index in [2.05, 4.69) is 88.8 Å². The normalized spacial score (nSPS) is 21.0. The third kappa shape index (κ3) is 5.44. The van der Waals surface area contributed by atoms with Crippen molar-refractivity contribution in [2.24, 2.45) is 10.7 Å². The molecule has 0 amide bonds. The molecule has 2 aliphatic rings. The number of aliphatic imine (C=N–C) groups is 1. The topological polar surface area (TPSA) is 93.9 Å². The van der Waals surface area contributed by atoms with Gasteiger partial charge in [-0.15, -0.1) is 11.8 Å². The molecule has 37 heavy (non-hydrogen) atoms. The number of amidine groups is 1. The lowest BCUT2D eigenvalue weighted by Gasteiger charge is -2.39. The third-order valence-corrected chi connectivity index (χ3v) is 7.98. The van der Waals surface area contributed by atoms with Crippen LogP contribution < -0.4 is 26.0 Å². The number of thioether (sulfide) groups is 1. The van der Waals surface area contributed by atoms with E-state index in [1.165, 1.54) is 10.5 Å². The quantitative estimate of drug-likeness (QED) is 0.351. The number of hydrogen-bond acceptors (Lipinski definition) is 7. The summed E-state index contributed by atoms with van der Waals surface area (Å²) in [5.41, 5.74) is 12.0. The molecule has 8 nitrogen and oxygen atoms in total. The summed E-state index contributed by atoms with van der Waals surface area (Å²) in [5.74, 6) is 0.360. The van der Waals surface area contributed by atoms with Crippen LogP contribution in [0, 0.1) is 0 Å². The molecular weight excluding hydrogens is 482 g/mol. The molecule has 5 N–H and O–H groups in total. The summed E-state index contributed by atoms with van der Waals surface area (Å²) in [6.45, 7) is 9.03. The van der Waals surface area contributed by atoms with E-state index in [1.54, 1.807) is 7.11 Å². The molecule has 1 aromatic heterocycles. The van der Waals surface area contributed by atoms with E-state index in [-0.39, 0.29) is 0 Å². The number of anilines is 2. The van der Waals surface area contributed by atoms with Crippen molar-refractivity contribution in [1.82, 2.24) is 15.2 Å². The van der Waals surface area contributed by atoms with Gasteiger partial charge in [0.25, 0.3) is 0 Å². The van der Waals surface area contributed by atoms with Crippen molar-refractivity contribution >= 4 is 29.0 Å². The van der Waals surface area contributed by atoms with Crippen molar-refractivity contribution in [3.05, 3.63) is 71.5 Å². The van der Waals surface area contributed by atoms with Crippen LogP contribution >= 0.6 is 11.8 Å². The summed E-state index contributed by atoms with van der Waals surface area (Å²) in [6, 6.07) is 16.7. The highest BCUT2D eigenvalue weighted by Gasteiger charge is 2.37. The fourth-order valence-corrected chi connectivity index (χ4v) is 5.80. The number of hydrogen-bond donors (Lipinski definition) is 4. The molecule has 0 bridgehead atoms. The van der Waals surface area contributed by atoms with Crippen molar-refractivity contribution in [3.8, 4) is 5.75 Å². The fraction of sp³-hybridized carbons (Fsp3) is 0.393. The third-order valence-electron chi connectivity index (χ3n) is 6.85. The molecular formula is C28H37N7OS. The van der Waals surface area contributed by atoms with Gasteiger partial charge in [-0.3, -0.25) is 10.7 Å². The Morgan fingerprint density at radius 3 is 2.62 bits per heavy atom. The number of nitrogens with one attached hydrogen (secondary N) is 3. The number of nitrogens with two attached hydrogens (primary N) is 1. The first-order chi connectivity index (χ1) is 17.9. The second-order valence-corrected chi connectivity index (χ2v) is 11.6. The Bertz CT molecular complexity index is 1260. The zero-order valence-electron chi connectivity index (χ0n) is 22.0. The number of benzene rings is 2. The molecule has 0 spiro atoms. The maximum atomic E-state index is 7.01. The van der Waals surface area contributed by atoms with Gasteiger partial charge in [-0.1, -0.05) is 32.0 Å². The lowest BCUT2D eigenvalue weighted by molar-refractivity contribution is 0.312. The molecule has 3 aromatic rings. The van der Waals surface area contributed by atoms with Crippen LogP contribution in [0.25, 0.3) is 0 Å². The molecule has 0 aliphatic carbocycles. The molecule has 1 fully saturated rings. The summed E-state index contributed by atoms with van der Waals surface area (Å²) in [5, 5.41) is 7.44. The van der Waals surface area contributed by atoms with E-state index in [0.717, 1.165) is 60.4 Å². The Morgan fingerprint density at radius 1 is 1.08 bits per heavy atom. The van der Waals surface area contributed by atoms with Crippen LogP contribution in [0.2, 0.25) is 0 Å². The fourth-order valence-electron chi connectivity index (χ4n) is 4.85. The first-order valence-electron chi connectivity index (χ1n) is 12.8. The smallest absolute Gasteiger partial charge is 0.194 e. The highest BCUT2D eigenvalue weighted by molar-refractivity contribution is 8.00. The van der Waals surface area contributed by atoms with Gasteiger partial charge in [0.1, 0.15) is 11.4 Å². The average Bonchev–Trinajstić information content (AvgIpc) is 3.36. The Morgan fingerprint density at radius 2 is 1.86 bits per heavy atom. The zero-order valence-corrected chi connectivity index (χ0v) is 22.9. The number of H-pyrrole nitrogens is 1. The van der Waals surface area contributed by atoms with Crippen LogP contribution in [0.4, 0.5) is 11.4 Å². The highest BCUT2D eigenvalue weighted by Crippen LogP contribution is 2.35. The predicted molar refractivity (Wildman–Crippen MR) is 154 cm³/mol. The van der Waals surface area contributed by atoms with Crippen LogP contribution in [-0.4, -0.2) is 61.3 Å². The van der Waals surface area contributed by atoms with Gasteiger partial charge >= 0.3 is 0 Å². The van der Waals surface area contributed by atoms with Crippen LogP contribution in [0.1, 0.15) is 30.7 Å². The minimum Gasteiger partial charge on any atom is -0.496 e. The average molecular weight is 520 g/mol. The van der Waals surface area contributed by atoms with Gasteiger partial charge in [0, 0.05) is 54.3 Å². The van der Waals surface area contributed by atoms with Crippen LogP contribution in [0.3, 0.4) is 0 Å². The molecule has 2 aliphatic heterocycles. The summed E-state index contributed by atoms with van der Waals surface area (Å²) in [4.78, 5) is 14.3. The Labute approximate surface area is 223 Å². The lowest BCUT2D eigenvalue weighted by atomic mass is 10.0. The molecule has 1 saturated heterocycles. The van der Waals surface area contributed by atoms with Crippen LogP contribution in [0.15, 0.2) is 64.6 Å². The number of piperazine rings is 1. The lowest BCUT2D eigenvalue weighted by Crippen LogP contribution is -2.61. The maximum Gasteiger partial charge on any atom is 0.194 e. The van der Waals surface area contributed by atoms with E-state index < -0.39 is 5.79 Å². The van der Waals surface area contributed by atoms with Crippen molar-refractivity contribution in [1.29, 1.82) is 0 Å². The summed E-state index contributed by atoms with van der Waals surface area (Å²) < 4.78 is 5.86. The van der Waals surface area contributed by atoms with Crippen LogP contribution in [0.5, 0.6) is 5.75 Å². The minimum atomic E-state index is -1.09. The summed E-state index contributed by atoms with van der Waals surface area (Å²) in [6.07, 6.45) is 1.90. The molecule has 1 atom stereocenters. The Balaban J connectivity index is 1.44. The number of nitrogens with zero attached hydrogens (tertiary/aromatic N) is 3. The summed E-state index contributed by atoms with van der Waals surface area (Å²) >= 11 is 1.86. The molecule has 5 rings (SSSR count). The number of rotatable bonds is 7. The molecule has 9 heteroatoms. The monoisotopic (exact) mass is 519 g/mol. The van der Waals surface area contributed by atoms with Crippen LogP contribution in [-0.2, 0) is 12.3 Å². The minimum absolute atomic E-state index is 0.499. The van der Waals surface area contributed by atoms with Crippen molar-refractivity contribution in [2.45, 2.75) is 36.3 Å². The molecule has 196 valence electrons. The Kier molecular flexibility index (Phi) is 7.37. The largest absolute Gasteiger partial charge is 0.496 e. The first kappa shape index (κ1) is 25.5. The van der Waals surface area contributed by atoms with E-state index in [1.807, 2.05) is 24.0 Å². The molecule has 0 radical (unpaired) electrons. The van der Waals surface area contributed by atoms with Gasteiger partial charge in [-0.05, 0) is 36.9 Å². The van der Waals surface area contributed by atoms with Gasteiger partial charge in [0.05, 0.1) is 24.9 Å². The molecule has 0 saturated carbocycles. The van der Waals surface area contributed by atoms with Gasteiger partial charge in [0.15, 0.2) is 11.6 Å². The Hall–Kier alpha value is -3.14. The molecule has 1 unspecified atom stereocenters. The van der Waals surface area contributed by atoms with Crippen molar-refractivity contribution in [3.63, 3.8) is 0 Å². The molecule has 3 heterocycles. The van der Waals surface area contributed by atoms with Crippen molar-refractivity contribution < 1.29 is 4.74 Å². The summed E-state index contributed by atoms with van der Waals surface area (Å²) in [7, 11) is 3.86. The second-order valence-electron chi connectivity index (χ2n) is 9.94. The standard InChI is InChI=1S/C28H37N7OS/c1-19(2)37-25-8-6-5-7-20(25)18-31-27-26-23(11-12-30-26)32-28(29,33-27)22-10-9-21(17-24(22)36-4)35-15-13-34(3)14-16-35/h5-12,17,19,30,32H,13-16,18,29H2,1-4H3,(H,31,33). The predicted octanol–water partition coefficient (Wildman–Crippen LogP) is 4.01. The number of aromatic amines is 1. The second kappa shape index (κ2) is 10.7. The van der Waals surface area contributed by atoms with Gasteiger partial charge in [0.2, 0.25) is 0 Å². The number of fused-ring (bicyclic) bond motifs is 1. The maximum absolute atomic E-state index is 7.01. The van der Waals surface area contributed by atoms with E-state index in [4.69, 9.17) is 15.5 Å². The van der Waals surface area contributed by atoms with E-state index >= 15 is 0 Å². The van der Waals surface area contributed by atoms with E-state index in [0.29, 0.717) is 11.8 Å². The highest BCUT2D eigenvalue weighted by atomic mass is 32.2. The van der Waals surface area contributed by atoms with Gasteiger partial charge in [-0.2, -0.15) is 0 Å².